The van der Waals surface area contributed by atoms with Crippen molar-refractivity contribution in [2.24, 2.45) is 5.41 Å². The van der Waals surface area contributed by atoms with E-state index in [0.29, 0.717) is 23.5 Å². The first kappa shape index (κ1) is 21.1. The molecule has 2 heterocycles. The quantitative estimate of drug-likeness (QED) is 0.488. The van der Waals surface area contributed by atoms with E-state index in [1.165, 1.54) is 18.2 Å². The van der Waals surface area contributed by atoms with Crippen LogP contribution < -0.4 is 15.4 Å². The minimum Gasteiger partial charge on any atom is -0.506 e. The average molecular weight is 443 g/mol. The number of para-hydroxylation sites is 1. The maximum absolute atomic E-state index is 15.2. The summed E-state index contributed by atoms with van der Waals surface area (Å²) < 4.78 is 47.1. The van der Waals surface area contributed by atoms with Gasteiger partial charge in [0.2, 0.25) is 0 Å². The summed E-state index contributed by atoms with van der Waals surface area (Å²) in [6, 6.07) is 8.10. The van der Waals surface area contributed by atoms with Crippen LogP contribution in [0.2, 0.25) is 0 Å². The predicted molar refractivity (Wildman–Crippen MR) is 118 cm³/mol. The van der Waals surface area contributed by atoms with Crippen LogP contribution in [-0.2, 0) is 9.84 Å². The third-order valence-electron chi connectivity index (χ3n) is 5.35. The van der Waals surface area contributed by atoms with Crippen LogP contribution in [0, 0.1) is 23.6 Å². The van der Waals surface area contributed by atoms with Gasteiger partial charge >= 0.3 is 0 Å². The van der Waals surface area contributed by atoms with Crippen LogP contribution in [-0.4, -0.2) is 25.9 Å². The number of anilines is 2. The van der Waals surface area contributed by atoms with Gasteiger partial charge in [-0.3, -0.25) is 0 Å². The Morgan fingerprint density at radius 2 is 2.10 bits per heavy atom. The van der Waals surface area contributed by atoms with Crippen LogP contribution in [0.25, 0.3) is 0 Å². The first-order chi connectivity index (χ1) is 14.6. The summed E-state index contributed by atoms with van der Waals surface area (Å²) in [6.45, 7) is 3.73. The van der Waals surface area contributed by atoms with Gasteiger partial charge in [0.25, 0.3) is 0 Å². The molecule has 0 saturated heterocycles. The second-order valence-electron chi connectivity index (χ2n) is 8.52. The number of terminal acetylenes is 1. The summed E-state index contributed by atoms with van der Waals surface area (Å²) >= 11 is 0. The summed E-state index contributed by atoms with van der Waals surface area (Å²) in [4.78, 5) is 0.0821. The third-order valence-corrected chi connectivity index (χ3v) is 7.67. The van der Waals surface area contributed by atoms with Crippen molar-refractivity contribution in [1.82, 2.24) is 0 Å². The number of ether oxygens (including phenoxy) is 1. The number of phenols is 1. The number of benzene rings is 2. The molecule has 3 N–H and O–H groups in total. The fourth-order valence-corrected chi connectivity index (χ4v) is 6.53. The van der Waals surface area contributed by atoms with Gasteiger partial charge in [-0.2, -0.15) is 0 Å². The molecule has 0 radical (unpaired) electrons. The zero-order valence-corrected chi connectivity index (χ0v) is 18.0. The number of allylic oxidation sites excluding steroid dienone is 1. The number of fused-ring (bicyclic) bond motifs is 1. The van der Waals surface area contributed by atoms with E-state index in [9.17, 15) is 13.5 Å². The molecule has 0 spiro atoms. The number of aromatic hydroxyl groups is 1. The zero-order valence-electron chi connectivity index (χ0n) is 17.2. The molecule has 1 atom stereocenters. The van der Waals surface area contributed by atoms with E-state index < -0.39 is 27.1 Å². The summed E-state index contributed by atoms with van der Waals surface area (Å²) in [5.41, 5.74) is 0.914. The Bertz CT molecular complexity index is 1230. The van der Waals surface area contributed by atoms with Gasteiger partial charge in [-0.05, 0) is 36.1 Å². The number of nitrogens with one attached hydrogen (secondary N) is 2. The van der Waals surface area contributed by atoms with E-state index in [1.807, 2.05) is 13.8 Å². The fraction of sp³-hybridized carbons (Fsp3) is 0.304. The SMILES string of the molecule is C#CCOc1ccc(C2Nc3cccc(O)c3NC3=C2S(=O)(=O)CC(C)(C)C3)c(F)c1. The van der Waals surface area contributed by atoms with E-state index in [4.69, 9.17) is 11.2 Å². The van der Waals surface area contributed by atoms with Crippen LogP contribution in [0.3, 0.4) is 0 Å². The van der Waals surface area contributed by atoms with Crippen molar-refractivity contribution in [3.63, 3.8) is 0 Å². The highest BCUT2D eigenvalue weighted by atomic mass is 32.2. The second kappa shape index (κ2) is 7.50. The molecule has 0 amide bonds. The molecule has 4 rings (SSSR count). The minimum atomic E-state index is -3.74. The highest BCUT2D eigenvalue weighted by molar-refractivity contribution is 7.95. The number of hydrogen-bond donors (Lipinski definition) is 3. The molecule has 0 fully saturated rings. The van der Waals surface area contributed by atoms with Gasteiger partial charge in [0, 0.05) is 17.3 Å². The van der Waals surface area contributed by atoms with Gasteiger partial charge in [-0.25, -0.2) is 12.8 Å². The Labute approximate surface area is 181 Å². The molecule has 8 heteroatoms. The highest BCUT2D eigenvalue weighted by Gasteiger charge is 2.43. The molecule has 0 bridgehead atoms. The van der Waals surface area contributed by atoms with E-state index in [0.717, 1.165) is 0 Å². The van der Waals surface area contributed by atoms with Gasteiger partial charge in [-0.15, -0.1) is 6.42 Å². The Morgan fingerprint density at radius 3 is 2.81 bits per heavy atom. The van der Waals surface area contributed by atoms with Crippen molar-refractivity contribution >= 4 is 21.2 Å². The lowest BCUT2D eigenvalue weighted by Gasteiger charge is -2.34. The molecular formula is C23H23FN2O4S. The van der Waals surface area contributed by atoms with Crippen molar-refractivity contribution in [3.05, 3.63) is 58.4 Å². The maximum Gasteiger partial charge on any atom is 0.179 e. The molecule has 1 unspecified atom stereocenters. The predicted octanol–water partition coefficient (Wildman–Crippen LogP) is 4.18. The van der Waals surface area contributed by atoms with Crippen LogP contribution in [0.1, 0.15) is 31.9 Å². The zero-order chi connectivity index (χ0) is 22.4. The minimum absolute atomic E-state index is 0.00417. The van der Waals surface area contributed by atoms with Crippen LogP contribution in [0.5, 0.6) is 11.5 Å². The van der Waals surface area contributed by atoms with Crippen LogP contribution >= 0.6 is 0 Å². The van der Waals surface area contributed by atoms with Crippen molar-refractivity contribution in [2.45, 2.75) is 26.3 Å². The standard InChI is InChI=1S/C23H23FN2O4S/c1-4-10-30-14-8-9-15(16(24)11-14)20-22-18(12-23(2,3)13-31(22,28)29)26-21-17(25-20)6-5-7-19(21)27/h1,5-9,11,20,25-27H,10,12-13H2,2-3H3. The molecule has 2 aromatic rings. The average Bonchev–Trinajstić information content (AvgIpc) is 2.82. The van der Waals surface area contributed by atoms with Gasteiger partial charge in [-0.1, -0.05) is 25.8 Å². The van der Waals surface area contributed by atoms with Crippen LogP contribution in [0.15, 0.2) is 47.0 Å². The van der Waals surface area contributed by atoms with E-state index >= 15 is 4.39 Å². The monoisotopic (exact) mass is 442 g/mol. The van der Waals surface area contributed by atoms with E-state index in [1.54, 1.807) is 18.2 Å². The summed E-state index contributed by atoms with van der Waals surface area (Å²) in [7, 11) is -3.74. The van der Waals surface area contributed by atoms with Gasteiger partial charge in [0.05, 0.1) is 22.4 Å². The Kier molecular flexibility index (Phi) is 5.10. The van der Waals surface area contributed by atoms with Crippen molar-refractivity contribution in [2.75, 3.05) is 23.0 Å². The fourth-order valence-electron chi connectivity index (χ4n) is 4.20. The lowest BCUT2D eigenvalue weighted by atomic mass is 9.88. The van der Waals surface area contributed by atoms with E-state index in [-0.39, 0.29) is 34.3 Å². The van der Waals surface area contributed by atoms with Gasteiger partial charge in [0.1, 0.15) is 29.6 Å². The Balaban J connectivity index is 1.90. The maximum atomic E-state index is 15.2. The van der Waals surface area contributed by atoms with E-state index in [2.05, 4.69) is 16.6 Å². The molecule has 0 aromatic heterocycles. The molecular weight excluding hydrogens is 419 g/mol. The first-order valence-corrected chi connectivity index (χ1v) is 11.4. The van der Waals surface area contributed by atoms with Gasteiger partial charge in [0.15, 0.2) is 9.84 Å². The highest BCUT2D eigenvalue weighted by Crippen LogP contribution is 2.48. The van der Waals surface area contributed by atoms with Gasteiger partial charge < -0.3 is 20.5 Å². The largest absolute Gasteiger partial charge is 0.506 e. The molecule has 6 nitrogen and oxygen atoms in total. The number of halogens is 1. The number of hydrogen-bond acceptors (Lipinski definition) is 6. The summed E-state index contributed by atoms with van der Waals surface area (Å²) in [5, 5.41) is 16.6. The smallest absolute Gasteiger partial charge is 0.179 e. The first-order valence-electron chi connectivity index (χ1n) is 9.78. The summed E-state index contributed by atoms with van der Waals surface area (Å²) in [5.74, 6) is 1.86. The van der Waals surface area contributed by atoms with Crippen molar-refractivity contribution < 1.29 is 22.7 Å². The lowest BCUT2D eigenvalue weighted by molar-refractivity contribution is 0.367. The molecule has 31 heavy (non-hydrogen) atoms. The second-order valence-corrected chi connectivity index (χ2v) is 10.5. The Morgan fingerprint density at radius 1 is 1.32 bits per heavy atom. The number of sulfone groups is 1. The number of phenolic OH excluding ortho intramolecular Hbond substituents is 1. The third kappa shape index (κ3) is 3.93. The topological polar surface area (TPSA) is 87.7 Å². The normalized spacial score (nSPS) is 20.9. The Hall–Kier alpha value is -3.18. The number of rotatable bonds is 3. The molecule has 162 valence electrons. The van der Waals surface area contributed by atoms with Crippen LogP contribution in [0.4, 0.5) is 15.8 Å². The van der Waals surface area contributed by atoms with Crippen molar-refractivity contribution in [1.29, 1.82) is 0 Å². The molecule has 2 aliphatic heterocycles. The molecule has 2 aromatic carbocycles. The van der Waals surface area contributed by atoms with Crippen molar-refractivity contribution in [3.8, 4) is 23.8 Å². The summed E-state index contributed by atoms with van der Waals surface area (Å²) in [6.07, 6.45) is 5.61. The molecule has 0 aliphatic carbocycles. The lowest BCUT2D eigenvalue weighted by Crippen LogP contribution is -2.35. The molecule has 0 saturated carbocycles. The molecule has 2 aliphatic rings.